The van der Waals surface area contributed by atoms with Gasteiger partial charge in [0.2, 0.25) is 0 Å². The molecule has 1 aromatic carbocycles. The van der Waals surface area contributed by atoms with Crippen LogP contribution in [0.25, 0.3) is 0 Å². The molecule has 0 atom stereocenters. The molecule has 0 radical (unpaired) electrons. The maximum absolute atomic E-state index is 14.2. The molecule has 0 aliphatic carbocycles. The molecule has 1 aliphatic rings. The van der Waals surface area contributed by atoms with Crippen LogP contribution in [0.15, 0.2) is 29.6 Å². The Hall–Kier alpha value is -1.39. The number of nitrogens with one attached hydrogen (secondary N) is 1. The summed E-state index contributed by atoms with van der Waals surface area (Å²) in [5.41, 5.74) is 3.13. The summed E-state index contributed by atoms with van der Waals surface area (Å²) in [5.74, 6) is -0.119. The number of hydrogen-bond acceptors (Lipinski definition) is 3. The van der Waals surface area contributed by atoms with Gasteiger partial charge in [-0.1, -0.05) is 12.1 Å². The predicted molar refractivity (Wildman–Crippen MR) is 78.2 cm³/mol. The second-order valence-corrected chi connectivity index (χ2v) is 5.82. The van der Waals surface area contributed by atoms with Crippen LogP contribution in [0.3, 0.4) is 0 Å². The summed E-state index contributed by atoms with van der Waals surface area (Å²) in [6, 6.07) is 7.49. The van der Waals surface area contributed by atoms with Crippen molar-refractivity contribution in [3.63, 3.8) is 0 Å². The SMILES string of the molecule is CNCc1cccc(F)c1N1CCc2sccc2C1. The quantitative estimate of drug-likeness (QED) is 0.926. The van der Waals surface area contributed by atoms with E-state index in [0.29, 0.717) is 6.54 Å². The minimum atomic E-state index is -0.119. The van der Waals surface area contributed by atoms with Gasteiger partial charge < -0.3 is 10.2 Å². The number of nitrogens with zero attached hydrogens (tertiary/aromatic N) is 1. The zero-order valence-electron chi connectivity index (χ0n) is 10.9. The monoisotopic (exact) mass is 276 g/mol. The van der Waals surface area contributed by atoms with E-state index < -0.39 is 0 Å². The van der Waals surface area contributed by atoms with E-state index in [1.54, 1.807) is 12.1 Å². The van der Waals surface area contributed by atoms with Gasteiger partial charge in [0, 0.05) is 24.5 Å². The second-order valence-electron chi connectivity index (χ2n) is 4.82. The van der Waals surface area contributed by atoms with Crippen molar-refractivity contribution in [1.82, 2.24) is 5.32 Å². The fourth-order valence-electron chi connectivity index (χ4n) is 2.69. The normalized spacial score (nSPS) is 14.5. The zero-order chi connectivity index (χ0) is 13.2. The Labute approximate surface area is 116 Å². The Morgan fingerprint density at radius 3 is 3.11 bits per heavy atom. The minimum Gasteiger partial charge on any atom is -0.364 e. The number of rotatable bonds is 3. The third kappa shape index (κ3) is 2.38. The Kier molecular flexibility index (Phi) is 3.53. The third-order valence-electron chi connectivity index (χ3n) is 3.56. The summed E-state index contributed by atoms with van der Waals surface area (Å²) in [5, 5.41) is 5.24. The van der Waals surface area contributed by atoms with Crippen LogP contribution in [0.2, 0.25) is 0 Å². The van der Waals surface area contributed by atoms with Gasteiger partial charge in [-0.15, -0.1) is 11.3 Å². The molecule has 0 spiro atoms. The number of para-hydroxylation sites is 1. The average molecular weight is 276 g/mol. The standard InChI is InChI=1S/C15H17FN2S/c1-17-9-11-3-2-4-13(16)15(11)18-7-5-14-12(10-18)6-8-19-14/h2-4,6,8,17H,5,7,9-10H2,1H3. The highest BCUT2D eigenvalue weighted by Crippen LogP contribution is 2.31. The molecule has 19 heavy (non-hydrogen) atoms. The highest BCUT2D eigenvalue weighted by Gasteiger charge is 2.21. The van der Waals surface area contributed by atoms with Gasteiger partial charge in [-0.3, -0.25) is 0 Å². The van der Waals surface area contributed by atoms with E-state index in [1.165, 1.54) is 10.4 Å². The van der Waals surface area contributed by atoms with Gasteiger partial charge in [0.15, 0.2) is 0 Å². The molecule has 1 N–H and O–H groups in total. The van der Waals surface area contributed by atoms with Gasteiger partial charge in [-0.25, -0.2) is 4.39 Å². The van der Waals surface area contributed by atoms with Crippen LogP contribution in [0.5, 0.6) is 0 Å². The van der Waals surface area contributed by atoms with Crippen LogP contribution in [-0.4, -0.2) is 13.6 Å². The molecule has 2 aromatic rings. The van der Waals surface area contributed by atoms with E-state index in [1.807, 2.05) is 24.5 Å². The van der Waals surface area contributed by atoms with Crippen molar-refractivity contribution in [2.45, 2.75) is 19.5 Å². The van der Waals surface area contributed by atoms with E-state index in [-0.39, 0.29) is 5.82 Å². The van der Waals surface area contributed by atoms with Gasteiger partial charge >= 0.3 is 0 Å². The molecular formula is C15H17FN2S. The number of anilines is 1. The first-order valence-electron chi connectivity index (χ1n) is 6.52. The van der Waals surface area contributed by atoms with Gasteiger partial charge in [0.1, 0.15) is 5.82 Å². The number of benzene rings is 1. The van der Waals surface area contributed by atoms with E-state index in [9.17, 15) is 4.39 Å². The lowest BCUT2D eigenvalue weighted by Crippen LogP contribution is -2.31. The first-order chi connectivity index (χ1) is 9.29. The number of thiophene rings is 1. The maximum Gasteiger partial charge on any atom is 0.146 e. The fraction of sp³-hybridized carbons (Fsp3) is 0.333. The summed E-state index contributed by atoms with van der Waals surface area (Å²) in [6.45, 7) is 2.40. The molecule has 0 bridgehead atoms. The predicted octanol–water partition coefficient (Wildman–Crippen LogP) is 3.17. The average Bonchev–Trinajstić information content (AvgIpc) is 2.86. The summed E-state index contributed by atoms with van der Waals surface area (Å²) >= 11 is 1.81. The molecule has 2 heterocycles. The van der Waals surface area contributed by atoms with Crippen LogP contribution in [0, 0.1) is 5.82 Å². The number of fused-ring (bicyclic) bond motifs is 1. The summed E-state index contributed by atoms with van der Waals surface area (Å²) in [7, 11) is 1.89. The topological polar surface area (TPSA) is 15.3 Å². The van der Waals surface area contributed by atoms with Crippen LogP contribution < -0.4 is 10.2 Å². The van der Waals surface area contributed by atoms with Crippen LogP contribution in [-0.2, 0) is 19.5 Å². The molecule has 4 heteroatoms. The fourth-order valence-corrected chi connectivity index (χ4v) is 3.58. The number of halogens is 1. The van der Waals surface area contributed by atoms with Gasteiger partial charge in [-0.05, 0) is 42.1 Å². The maximum atomic E-state index is 14.2. The minimum absolute atomic E-state index is 0.119. The van der Waals surface area contributed by atoms with E-state index in [0.717, 1.165) is 30.8 Å². The third-order valence-corrected chi connectivity index (χ3v) is 4.58. The van der Waals surface area contributed by atoms with E-state index in [4.69, 9.17) is 0 Å². The van der Waals surface area contributed by atoms with Crippen molar-refractivity contribution in [2.75, 3.05) is 18.5 Å². The molecule has 0 amide bonds. The van der Waals surface area contributed by atoms with Gasteiger partial charge in [0.05, 0.1) is 5.69 Å². The van der Waals surface area contributed by atoms with Gasteiger partial charge in [-0.2, -0.15) is 0 Å². The molecule has 2 nitrogen and oxygen atoms in total. The molecular weight excluding hydrogens is 259 g/mol. The first-order valence-corrected chi connectivity index (χ1v) is 7.39. The molecule has 0 saturated heterocycles. The Morgan fingerprint density at radius 2 is 2.26 bits per heavy atom. The number of hydrogen-bond donors (Lipinski definition) is 1. The lowest BCUT2D eigenvalue weighted by Gasteiger charge is -2.31. The van der Waals surface area contributed by atoms with Crippen LogP contribution in [0.4, 0.5) is 10.1 Å². The highest BCUT2D eigenvalue weighted by atomic mass is 32.1. The lowest BCUT2D eigenvalue weighted by molar-refractivity contribution is 0.606. The molecule has 0 fully saturated rings. The molecule has 1 aliphatic heterocycles. The smallest absolute Gasteiger partial charge is 0.146 e. The van der Waals surface area contributed by atoms with E-state index in [2.05, 4.69) is 21.7 Å². The Bertz CT molecular complexity index is 579. The van der Waals surface area contributed by atoms with Crippen molar-refractivity contribution in [2.24, 2.45) is 0 Å². The largest absolute Gasteiger partial charge is 0.364 e. The zero-order valence-corrected chi connectivity index (χ0v) is 11.8. The lowest BCUT2D eigenvalue weighted by atomic mass is 10.1. The van der Waals surface area contributed by atoms with Crippen molar-refractivity contribution >= 4 is 17.0 Å². The molecule has 3 rings (SSSR count). The van der Waals surface area contributed by atoms with Crippen LogP contribution in [0.1, 0.15) is 16.0 Å². The molecule has 0 unspecified atom stereocenters. The Balaban J connectivity index is 1.95. The highest BCUT2D eigenvalue weighted by molar-refractivity contribution is 7.10. The second kappa shape index (κ2) is 5.31. The van der Waals surface area contributed by atoms with Crippen LogP contribution >= 0.6 is 11.3 Å². The summed E-state index contributed by atoms with van der Waals surface area (Å²) < 4.78 is 14.2. The first kappa shape index (κ1) is 12.6. The molecule has 0 saturated carbocycles. The Morgan fingerprint density at radius 1 is 1.37 bits per heavy atom. The van der Waals surface area contributed by atoms with Crippen molar-refractivity contribution < 1.29 is 4.39 Å². The molecule has 100 valence electrons. The van der Waals surface area contributed by atoms with E-state index >= 15 is 0 Å². The summed E-state index contributed by atoms with van der Waals surface area (Å²) in [4.78, 5) is 3.61. The molecule has 1 aromatic heterocycles. The summed E-state index contributed by atoms with van der Waals surface area (Å²) in [6.07, 6.45) is 1.01. The van der Waals surface area contributed by atoms with Crippen molar-refractivity contribution in [3.8, 4) is 0 Å². The van der Waals surface area contributed by atoms with Gasteiger partial charge in [0.25, 0.3) is 0 Å². The van der Waals surface area contributed by atoms with Crippen molar-refractivity contribution in [3.05, 3.63) is 51.5 Å². The van der Waals surface area contributed by atoms with Crippen molar-refractivity contribution in [1.29, 1.82) is 0 Å².